The van der Waals surface area contributed by atoms with Crippen molar-refractivity contribution in [1.82, 2.24) is 9.88 Å². The van der Waals surface area contributed by atoms with Crippen LogP contribution in [-0.4, -0.2) is 22.8 Å². The fourth-order valence-corrected chi connectivity index (χ4v) is 2.79. The van der Waals surface area contributed by atoms with Crippen molar-refractivity contribution in [2.45, 2.75) is 6.54 Å². The van der Waals surface area contributed by atoms with Gasteiger partial charge in [0.1, 0.15) is 0 Å². The predicted octanol–water partition coefficient (Wildman–Crippen LogP) is 3.67. The van der Waals surface area contributed by atoms with Crippen LogP contribution in [0.1, 0.15) is 16.1 Å². The number of carbonyl (C=O) groups is 1. The van der Waals surface area contributed by atoms with Crippen LogP contribution in [0.2, 0.25) is 5.02 Å². The van der Waals surface area contributed by atoms with E-state index in [1.165, 1.54) is 11.3 Å². The molecule has 0 atom stereocenters. The fourth-order valence-electron chi connectivity index (χ4n) is 1.50. The third-order valence-electron chi connectivity index (χ3n) is 2.39. The van der Waals surface area contributed by atoms with Crippen LogP contribution in [0, 0.1) is 3.57 Å². The number of hydrogen-bond donors (Lipinski definition) is 0. The molecule has 2 aromatic rings. The molecule has 6 heteroatoms. The van der Waals surface area contributed by atoms with Gasteiger partial charge in [0.25, 0.3) is 5.91 Å². The SMILES string of the molecule is CN(Cc1cscn1)C(=O)c1cc(Cl)ccc1I. The van der Waals surface area contributed by atoms with Crippen molar-refractivity contribution < 1.29 is 4.79 Å². The minimum absolute atomic E-state index is 0.0464. The second kappa shape index (κ2) is 5.99. The molecule has 1 aromatic carbocycles. The Kier molecular flexibility index (Phi) is 4.58. The number of rotatable bonds is 3. The molecule has 0 fully saturated rings. The monoisotopic (exact) mass is 392 g/mol. The lowest BCUT2D eigenvalue weighted by atomic mass is 10.2. The predicted molar refractivity (Wildman–Crippen MR) is 82.1 cm³/mol. The molecule has 0 saturated carbocycles. The van der Waals surface area contributed by atoms with Gasteiger partial charge in [-0.3, -0.25) is 4.79 Å². The van der Waals surface area contributed by atoms with Crippen LogP contribution in [0.4, 0.5) is 0 Å². The number of halogens is 2. The molecule has 0 aliphatic heterocycles. The van der Waals surface area contributed by atoms with E-state index >= 15 is 0 Å². The quantitative estimate of drug-likeness (QED) is 0.747. The summed E-state index contributed by atoms with van der Waals surface area (Å²) in [6, 6.07) is 5.32. The topological polar surface area (TPSA) is 33.2 Å². The zero-order valence-electron chi connectivity index (χ0n) is 9.56. The first-order chi connectivity index (χ1) is 8.58. The highest BCUT2D eigenvalue weighted by Crippen LogP contribution is 2.20. The zero-order chi connectivity index (χ0) is 13.1. The molecular weight excluding hydrogens is 383 g/mol. The molecule has 0 unspecified atom stereocenters. The average Bonchev–Trinajstić information content (AvgIpc) is 2.84. The van der Waals surface area contributed by atoms with Crippen molar-refractivity contribution in [1.29, 1.82) is 0 Å². The van der Waals surface area contributed by atoms with Gasteiger partial charge in [0.05, 0.1) is 23.3 Å². The van der Waals surface area contributed by atoms with Gasteiger partial charge in [0, 0.05) is 21.0 Å². The highest BCUT2D eigenvalue weighted by atomic mass is 127. The number of hydrogen-bond acceptors (Lipinski definition) is 3. The van der Waals surface area contributed by atoms with Crippen molar-refractivity contribution in [3.05, 3.63) is 48.9 Å². The number of benzene rings is 1. The summed E-state index contributed by atoms with van der Waals surface area (Å²) in [5.41, 5.74) is 3.28. The molecule has 0 bridgehead atoms. The van der Waals surface area contributed by atoms with Crippen LogP contribution in [0.5, 0.6) is 0 Å². The third-order valence-corrected chi connectivity index (χ3v) is 4.20. The molecule has 18 heavy (non-hydrogen) atoms. The molecule has 0 saturated heterocycles. The minimum atomic E-state index is -0.0464. The zero-order valence-corrected chi connectivity index (χ0v) is 13.3. The Bertz CT molecular complexity index is 559. The molecule has 0 aliphatic carbocycles. The van der Waals surface area contributed by atoms with Crippen molar-refractivity contribution in [3.8, 4) is 0 Å². The summed E-state index contributed by atoms with van der Waals surface area (Å²) in [7, 11) is 1.76. The number of carbonyl (C=O) groups excluding carboxylic acids is 1. The standard InChI is InChI=1S/C12H10ClIN2OS/c1-16(5-9-6-18-7-15-9)12(17)10-4-8(13)2-3-11(10)14/h2-4,6-7H,5H2,1H3. The first-order valence-electron chi connectivity index (χ1n) is 5.15. The van der Waals surface area contributed by atoms with Crippen molar-refractivity contribution >= 4 is 51.4 Å². The van der Waals surface area contributed by atoms with Gasteiger partial charge in [-0.25, -0.2) is 4.98 Å². The smallest absolute Gasteiger partial charge is 0.255 e. The molecule has 3 nitrogen and oxygen atoms in total. The van der Waals surface area contributed by atoms with Crippen LogP contribution in [-0.2, 0) is 6.54 Å². The number of thiazole rings is 1. The maximum Gasteiger partial charge on any atom is 0.255 e. The Morgan fingerprint density at radius 2 is 2.33 bits per heavy atom. The van der Waals surface area contributed by atoms with E-state index in [0.29, 0.717) is 17.1 Å². The first kappa shape index (κ1) is 13.8. The number of amides is 1. The highest BCUT2D eigenvalue weighted by molar-refractivity contribution is 14.1. The molecule has 2 rings (SSSR count). The molecule has 1 aromatic heterocycles. The second-order valence-electron chi connectivity index (χ2n) is 3.77. The molecule has 0 radical (unpaired) electrons. The maximum atomic E-state index is 12.3. The van der Waals surface area contributed by atoms with Crippen molar-refractivity contribution in [2.24, 2.45) is 0 Å². The van der Waals surface area contributed by atoms with Gasteiger partial charge >= 0.3 is 0 Å². The van der Waals surface area contributed by atoms with E-state index in [-0.39, 0.29) is 5.91 Å². The first-order valence-corrected chi connectivity index (χ1v) is 7.55. The Balaban J connectivity index is 2.17. The molecule has 94 valence electrons. The van der Waals surface area contributed by atoms with E-state index in [1.807, 2.05) is 11.4 Å². The fraction of sp³-hybridized carbons (Fsp3) is 0.167. The van der Waals surface area contributed by atoms with Crippen molar-refractivity contribution in [3.63, 3.8) is 0 Å². The van der Waals surface area contributed by atoms with Crippen LogP contribution in [0.25, 0.3) is 0 Å². The van der Waals surface area contributed by atoms with Gasteiger partial charge < -0.3 is 4.90 Å². The van der Waals surface area contributed by atoms with E-state index < -0.39 is 0 Å². The molecule has 1 amide bonds. The lowest BCUT2D eigenvalue weighted by Crippen LogP contribution is -2.27. The van der Waals surface area contributed by atoms with Crippen LogP contribution < -0.4 is 0 Å². The summed E-state index contributed by atoms with van der Waals surface area (Å²) >= 11 is 9.58. The van der Waals surface area contributed by atoms with Gasteiger partial charge in [-0.1, -0.05) is 11.6 Å². The number of aromatic nitrogens is 1. The Hall–Kier alpha value is -0.660. The average molecular weight is 393 g/mol. The summed E-state index contributed by atoms with van der Waals surface area (Å²) < 4.78 is 0.895. The molecule has 0 N–H and O–H groups in total. The summed E-state index contributed by atoms with van der Waals surface area (Å²) in [5.74, 6) is -0.0464. The van der Waals surface area contributed by atoms with Crippen LogP contribution >= 0.6 is 45.5 Å². The van der Waals surface area contributed by atoms with E-state index in [1.54, 1.807) is 29.6 Å². The van der Waals surface area contributed by atoms with E-state index in [4.69, 9.17) is 11.6 Å². The summed E-state index contributed by atoms with van der Waals surface area (Å²) in [5, 5.41) is 2.51. The van der Waals surface area contributed by atoms with Gasteiger partial charge in [-0.15, -0.1) is 11.3 Å². The van der Waals surface area contributed by atoms with Crippen LogP contribution in [0.3, 0.4) is 0 Å². The van der Waals surface area contributed by atoms with E-state index in [9.17, 15) is 4.79 Å². The second-order valence-corrected chi connectivity index (χ2v) is 6.08. The largest absolute Gasteiger partial charge is 0.336 e. The van der Waals surface area contributed by atoms with E-state index in [2.05, 4.69) is 27.6 Å². The Morgan fingerprint density at radius 1 is 1.56 bits per heavy atom. The van der Waals surface area contributed by atoms with Crippen LogP contribution in [0.15, 0.2) is 29.1 Å². The van der Waals surface area contributed by atoms with Gasteiger partial charge in [-0.2, -0.15) is 0 Å². The number of nitrogens with zero attached hydrogens (tertiary/aromatic N) is 2. The summed E-state index contributed by atoms with van der Waals surface area (Å²) in [6.45, 7) is 0.505. The normalized spacial score (nSPS) is 10.4. The summed E-state index contributed by atoms with van der Waals surface area (Å²) in [6.07, 6.45) is 0. The lowest BCUT2D eigenvalue weighted by Gasteiger charge is -2.17. The van der Waals surface area contributed by atoms with Gasteiger partial charge in [0.15, 0.2) is 0 Å². The maximum absolute atomic E-state index is 12.3. The lowest BCUT2D eigenvalue weighted by molar-refractivity contribution is 0.0782. The van der Waals surface area contributed by atoms with Gasteiger partial charge in [0.2, 0.25) is 0 Å². The molecule has 0 spiro atoms. The Morgan fingerprint density at radius 3 is 3.00 bits per heavy atom. The molecule has 0 aliphatic rings. The molecular formula is C12H10ClIN2OS. The van der Waals surface area contributed by atoms with Gasteiger partial charge in [-0.05, 0) is 40.8 Å². The summed E-state index contributed by atoms with van der Waals surface area (Å²) in [4.78, 5) is 18.1. The highest BCUT2D eigenvalue weighted by Gasteiger charge is 2.16. The third kappa shape index (κ3) is 3.21. The van der Waals surface area contributed by atoms with Crippen molar-refractivity contribution in [2.75, 3.05) is 7.05 Å². The van der Waals surface area contributed by atoms with E-state index in [0.717, 1.165) is 9.26 Å². The molecule has 1 heterocycles. The minimum Gasteiger partial charge on any atom is -0.336 e. The Labute approximate surface area is 128 Å².